The van der Waals surface area contributed by atoms with Gasteiger partial charge in [-0.2, -0.15) is 0 Å². The van der Waals surface area contributed by atoms with Gasteiger partial charge in [-0.25, -0.2) is 9.97 Å². The lowest BCUT2D eigenvalue weighted by Crippen LogP contribution is -2.19. The fourth-order valence-electron chi connectivity index (χ4n) is 10.8. The van der Waals surface area contributed by atoms with Crippen LogP contribution in [0, 0.1) is 0 Å². The van der Waals surface area contributed by atoms with Crippen molar-refractivity contribution in [1.82, 2.24) is 14.5 Å². The molecule has 2 atom stereocenters. The number of aromatic nitrogens is 3. The quantitative estimate of drug-likeness (QED) is 0.162. The summed E-state index contributed by atoms with van der Waals surface area (Å²) in [7, 11) is 0. The smallest absolute Gasteiger partial charge is 0.235 e. The molecular weight excluding hydrogens is 821 g/mol. The van der Waals surface area contributed by atoms with Crippen LogP contribution in [-0.2, 0) is 0 Å². The van der Waals surface area contributed by atoms with Gasteiger partial charge in [0.05, 0.1) is 27.3 Å². The Morgan fingerprint density at radius 1 is 0.545 bits per heavy atom. The van der Waals surface area contributed by atoms with E-state index in [-0.39, 0.29) is 11.8 Å². The average Bonchev–Trinajstić information content (AvgIpc) is 3.96. The normalized spacial score (nSPS) is 15.1. The van der Waals surface area contributed by atoms with Crippen LogP contribution in [0.4, 0.5) is 11.4 Å². The minimum absolute atomic E-state index is 0.0279. The maximum absolute atomic E-state index is 5.56. The third-order valence-corrected chi connectivity index (χ3v) is 15.0. The molecule has 0 bridgehead atoms. The molecule has 8 aromatic carbocycles. The zero-order valence-electron chi connectivity index (χ0n) is 36.6. The van der Waals surface area contributed by atoms with Crippen LogP contribution in [0.25, 0.3) is 92.6 Å². The third-order valence-electron chi connectivity index (χ3n) is 13.7. The molecule has 0 spiro atoms. The van der Waals surface area contributed by atoms with Crippen molar-refractivity contribution in [3.8, 4) is 50.0 Å². The third kappa shape index (κ3) is 6.04. The Morgan fingerprint density at radius 3 is 1.79 bits per heavy atom. The Balaban J connectivity index is 1.11. The highest BCUT2D eigenvalue weighted by molar-refractivity contribution is 7.23. The number of allylic oxidation sites excluding steroid dienone is 4. The molecule has 4 nitrogen and oxygen atoms in total. The number of anilines is 2. The minimum atomic E-state index is 0.0279. The highest BCUT2D eigenvalue weighted by atomic mass is 32.1. The number of nitrogens with one attached hydrogen (secondary N) is 1. The summed E-state index contributed by atoms with van der Waals surface area (Å²) >= 11 is 1.92. The summed E-state index contributed by atoms with van der Waals surface area (Å²) in [5, 5.41) is 11.4. The summed E-state index contributed by atoms with van der Waals surface area (Å²) in [6, 6.07) is 65.5. The molecule has 0 saturated heterocycles. The summed E-state index contributed by atoms with van der Waals surface area (Å²) < 4.78 is 3.71. The number of benzene rings is 8. The molecule has 0 aliphatic heterocycles. The van der Waals surface area contributed by atoms with Gasteiger partial charge in [-0.1, -0.05) is 196 Å². The van der Waals surface area contributed by atoms with Gasteiger partial charge in [0.2, 0.25) is 5.95 Å². The summed E-state index contributed by atoms with van der Waals surface area (Å²) in [5.41, 5.74) is 15.0. The van der Waals surface area contributed by atoms with Gasteiger partial charge in [0.1, 0.15) is 0 Å². The number of nitrogens with zero attached hydrogens (tertiary/aromatic N) is 3. The maximum atomic E-state index is 5.56. The predicted molar refractivity (Wildman–Crippen MR) is 279 cm³/mol. The second-order valence-corrected chi connectivity index (χ2v) is 18.9. The standard InChI is InChI=1S/C61H44N4S/c1-37(2)50-35-41(33-34-42(50)38-19-6-3-7-20-38)62-51-32-18-31-49-54-46-28-15-17-30-48(46)58-56(60(54)66-59(49)51)55-45-27-14-12-25-43(45)44-26-13-16-29-47(44)57(55)65(58)61-63-52(39-21-8-4-9-22-39)36-53(64-61)40-23-10-5-11-24-40/h3-37,46,48,62H,1-2H3. The molecule has 11 aromatic rings. The summed E-state index contributed by atoms with van der Waals surface area (Å²) in [6.45, 7) is 4.57. The van der Waals surface area contributed by atoms with E-state index in [9.17, 15) is 0 Å². The van der Waals surface area contributed by atoms with E-state index in [1.807, 2.05) is 11.3 Å². The van der Waals surface area contributed by atoms with Crippen molar-refractivity contribution in [3.05, 3.63) is 223 Å². The molecule has 3 heterocycles. The first-order chi connectivity index (χ1) is 32.6. The van der Waals surface area contributed by atoms with Gasteiger partial charge in [0.15, 0.2) is 0 Å². The molecule has 0 radical (unpaired) electrons. The Hall–Kier alpha value is -7.86. The largest absolute Gasteiger partial charge is 0.354 e. The lowest BCUT2D eigenvalue weighted by Gasteiger charge is -2.31. The molecule has 0 saturated carbocycles. The van der Waals surface area contributed by atoms with Gasteiger partial charge in [0.25, 0.3) is 0 Å². The fourth-order valence-corrected chi connectivity index (χ4v) is 12.2. The van der Waals surface area contributed by atoms with Gasteiger partial charge in [-0.3, -0.25) is 4.57 Å². The SMILES string of the molecule is CC(C)c1cc(Nc2cccc3c4c(sc23)-c2c(n(-c3nc(-c5ccccc5)cc(-c5ccccc5)n3)c3c5ccccc5c5ccccc5c23)C2C=CC=CC42)ccc1-c1ccccc1. The monoisotopic (exact) mass is 864 g/mol. The number of fused-ring (bicyclic) bond motifs is 15. The van der Waals surface area contributed by atoms with Crippen LogP contribution >= 0.6 is 11.3 Å². The summed E-state index contributed by atoms with van der Waals surface area (Å²) in [4.78, 5) is 12.4. The molecule has 5 heteroatoms. The van der Waals surface area contributed by atoms with E-state index >= 15 is 0 Å². The molecule has 3 aromatic heterocycles. The summed E-state index contributed by atoms with van der Waals surface area (Å²) in [5.74, 6) is 1.17. The van der Waals surface area contributed by atoms with Crippen molar-refractivity contribution in [2.24, 2.45) is 0 Å². The van der Waals surface area contributed by atoms with Crippen LogP contribution in [0.15, 0.2) is 206 Å². The molecule has 2 aliphatic carbocycles. The Labute approximate surface area is 387 Å². The van der Waals surface area contributed by atoms with E-state index in [0.717, 1.165) is 39.4 Å². The molecule has 2 aliphatic rings. The highest BCUT2D eigenvalue weighted by Gasteiger charge is 2.41. The van der Waals surface area contributed by atoms with Crippen molar-refractivity contribution in [3.63, 3.8) is 0 Å². The number of thiophene rings is 1. The molecule has 13 rings (SSSR count). The first kappa shape index (κ1) is 38.6. The molecule has 0 amide bonds. The van der Waals surface area contributed by atoms with Crippen LogP contribution in [0.3, 0.4) is 0 Å². The second-order valence-electron chi connectivity index (χ2n) is 17.9. The zero-order valence-corrected chi connectivity index (χ0v) is 37.4. The minimum Gasteiger partial charge on any atom is -0.354 e. The average molecular weight is 865 g/mol. The number of hydrogen-bond donors (Lipinski definition) is 1. The van der Waals surface area contributed by atoms with Crippen molar-refractivity contribution in [2.75, 3.05) is 5.32 Å². The zero-order chi connectivity index (χ0) is 43.9. The van der Waals surface area contributed by atoms with E-state index < -0.39 is 0 Å². The first-order valence-electron chi connectivity index (χ1n) is 22.9. The number of rotatable bonds is 7. The van der Waals surface area contributed by atoms with Gasteiger partial charge in [-0.05, 0) is 74.0 Å². The predicted octanol–water partition coefficient (Wildman–Crippen LogP) is 16.8. The van der Waals surface area contributed by atoms with E-state index in [0.29, 0.717) is 11.9 Å². The molecule has 0 fully saturated rings. The molecule has 1 N–H and O–H groups in total. The van der Waals surface area contributed by atoms with E-state index in [1.165, 1.54) is 75.4 Å². The van der Waals surface area contributed by atoms with E-state index in [4.69, 9.17) is 9.97 Å². The van der Waals surface area contributed by atoms with Gasteiger partial charge in [0, 0.05) is 55.6 Å². The van der Waals surface area contributed by atoms with E-state index in [1.54, 1.807) is 0 Å². The van der Waals surface area contributed by atoms with Crippen LogP contribution in [0.5, 0.6) is 0 Å². The van der Waals surface area contributed by atoms with Crippen LogP contribution in [0.2, 0.25) is 0 Å². The van der Waals surface area contributed by atoms with Crippen molar-refractivity contribution in [2.45, 2.75) is 31.6 Å². The molecule has 66 heavy (non-hydrogen) atoms. The maximum Gasteiger partial charge on any atom is 0.235 e. The molecular formula is C61H44N4S. The molecule has 2 unspecified atom stereocenters. The topological polar surface area (TPSA) is 42.7 Å². The van der Waals surface area contributed by atoms with Gasteiger partial charge < -0.3 is 5.32 Å². The van der Waals surface area contributed by atoms with Crippen molar-refractivity contribution < 1.29 is 0 Å². The fraction of sp³-hybridized carbons (Fsp3) is 0.0820. The molecule has 314 valence electrons. The first-order valence-corrected chi connectivity index (χ1v) is 23.8. The van der Waals surface area contributed by atoms with Crippen molar-refractivity contribution in [1.29, 1.82) is 0 Å². The Morgan fingerprint density at radius 2 is 1.12 bits per heavy atom. The van der Waals surface area contributed by atoms with Crippen LogP contribution in [-0.4, -0.2) is 14.5 Å². The lowest BCUT2D eigenvalue weighted by molar-refractivity contribution is 0.686. The second kappa shape index (κ2) is 15.4. The summed E-state index contributed by atoms with van der Waals surface area (Å²) in [6.07, 6.45) is 9.31. The number of hydrogen-bond acceptors (Lipinski definition) is 4. The van der Waals surface area contributed by atoms with E-state index in [2.05, 4.69) is 230 Å². The highest BCUT2D eigenvalue weighted by Crippen LogP contribution is 2.60. The lowest BCUT2D eigenvalue weighted by atomic mass is 9.74. The van der Waals surface area contributed by atoms with Crippen LogP contribution < -0.4 is 5.32 Å². The Bertz CT molecular complexity index is 3710. The van der Waals surface area contributed by atoms with Crippen LogP contribution in [0.1, 0.15) is 48.4 Å². The Kier molecular flexibility index (Phi) is 9.00. The van der Waals surface area contributed by atoms with Crippen molar-refractivity contribution >= 4 is 65.2 Å². The van der Waals surface area contributed by atoms with Gasteiger partial charge in [-0.15, -0.1) is 11.3 Å². The van der Waals surface area contributed by atoms with Gasteiger partial charge >= 0.3 is 0 Å².